The lowest BCUT2D eigenvalue weighted by Gasteiger charge is -2.02. The molecule has 0 fully saturated rings. The van der Waals surface area contributed by atoms with Crippen LogP contribution in [0.3, 0.4) is 0 Å². The first kappa shape index (κ1) is 16.0. The van der Waals surface area contributed by atoms with E-state index in [1.165, 1.54) is 77.0 Å². The minimum Gasteiger partial charge on any atom is -0.385 e. The Balaban J connectivity index is 2.83. The maximum atomic E-state index is 5.03. The van der Waals surface area contributed by atoms with Crippen molar-refractivity contribution in [1.29, 1.82) is 0 Å². The zero-order valence-electron chi connectivity index (χ0n) is 11.6. The summed E-state index contributed by atoms with van der Waals surface area (Å²) in [5.74, 6) is 0. The molecule has 0 radical (unpaired) electrons. The van der Waals surface area contributed by atoms with Crippen LogP contribution in [0.2, 0.25) is 0 Å². The number of hydrogen-bond donors (Lipinski definition) is 0. The smallest absolute Gasteiger partial charge is 0.0462 e. The molecule has 0 spiro atoms. The van der Waals surface area contributed by atoms with Gasteiger partial charge < -0.3 is 4.74 Å². The van der Waals surface area contributed by atoms with Gasteiger partial charge in [0.15, 0.2) is 0 Å². The maximum Gasteiger partial charge on any atom is 0.0462 e. The van der Waals surface area contributed by atoms with Crippen LogP contribution in [0, 0.1) is 0 Å². The van der Waals surface area contributed by atoms with Gasteiger partial charge in [-0.2, -0.15) is 0 Å². The van der Waals surface area contributed by atoms with Gasteiger partial charge in [0.25, 0.3) is 0 Å². The summed E-state index contributed by atoms with van der Waals surface area (Å²) in [6, 6.07) is 0. The van der Waals surface area contributed by atoms with Crippen LogP contribution < -0.4 is 0 Å². The zero-order chi connectivity index (χ0) is 11.9. The van der Waals surface area contributed by atoms with Crippen molar-refractivity contribution in [1.82, 2.24) is 0 Å². The summed E-state index contributed by atoms with van der Waals surface area (Å²) in [4.78, 5) is 0. The summed E-state index contributed by atoms with van der Waals surface area (Å²) in [6.45, 7) is 3.22. The van der Waals surface area contributed by atoms with Crippen LogP contribution in [0.4, 0.5) is 0 Å². The molecular weight excluding hydrogens is 196 g/mol. The first-order chi connectivity index (χ1) is 7.91. The van der Waals surface area contributed by atoms with Crippen molar-refractivity contribution in [3.63, 3.8) is 0 Å². The largest absolute Gasteiger partial charge is 0.385 e. The van der Waals surface area contributed by atoms with Crippen LogP contribution in [0.15, 0.2) is 0 Å². The van der Waals surface area contributed by atoms with Gasteiger partial charge in [-0.15, -0.1) is 0 Å². The molecule has 0 aromatic carbocycles. The van der Waals surface area contributed by atoms with Gasteiger partial charge in [0.1, 0.15) is 0 Å². The lowest BCUT2D eigenvalue weighted by atomic mass is 10.1. The minimum absolute atomic E-state index is 0.942. The molecule has 0 saturated carbocycles. The molecule has 1 heteroatoms. The van der Waals surface area contributed by atoms with Crippen LogP contribution in [-0.2, 0) is 4.74 Å². The highest BCUT2D eigenvalue weighted by molar-refractivity contribution is 4.48. The van der Waals surface area contributed by atoms with Gasteiger partial charge in [0.05, 0.1) is 0 Å². The fraction of sp³-hybridized carbons (Fsp3) is 1.00. The summed E-state index contributed by atoms with van der Waals surface area (Å²) in [7, 11) is 1.79. The average Bonchev–Trinajstić information content (AvgIpc) is 2.31. The topological polar surface area (TPSA) is 9.23 Å². The highest BCUT2D eigenvalue weighted by Gasteiger charge is 1.92. The molecule has 0 aromatic rings. The standard InChI is InChI=1S/C15H32O/c1-3-4-5-6-7-8-9-10-11-12-13-14-15-16-2/h3-15H2,1-2H3. The lowest BCUT2D eigenvalue weighted by molar-refractivity contribution is 0.192. The van der Waals surface area contributed by atoms with Gasteiger partial charge in [0.2, 0.25) is 0 Å². The van der Waals surface area contributed by atoms with Gasteiger partial charge in [-0.25, -0.2) is 0 Å². The van der Waals surface area contributed by atoms with Crippen molar-refractivity contribution in [2.45, 2.75) is 84.0 Å². The first-order valence-electron chi connectivity index (χ1n) is 7.40. The van der Waals surface area contributed by atoms with E-state index in [0.29, 0.717) is 0 Å². The van der Waals surface area contributed by atoms with Gasteiger partial charge in [-0.3, -0.25) is 0 Å². The molecule has 0 heterocycles. The van der Waals surface area contributed by atoms with E-state index in [9.17, 15) is 0 Å². The average molecular weight is 228 g/mol. The number of hydrogen-bond acceptors (Lipinski definition) is 1. The Kier molecular flexibility index (Phi) is 14.9. The van der Waals surface area contributed by atoms with Crippen molar-refractivity contribution in [2.24, 2.45) is 0 Å². The van der Waals surface area contributed by atoms with Crippen molar-refractivity contribution in [3.05, 3.63) is 0 Å². The SMILES string of the molecule is CCCCCCCCCCCCCCOC. The van der Waals surface area contributed by atoms with E-state index < -0.39 is 0 Å². The molecule has 0 atom stereocenters. The van der Waals surface area contributed by atoms with Crippen LogP contribution >= 0.6 is 0 Å². The third kappa shape index (κ3) is 14.0. The normalized spacial score (nSPS) is 10.9. The Hall–Kier alpha value is -0.0400. The third-order valence-electron chi connectivity index (χ3n) is 3.20. The van der Waals surface area contributed by atoms with Gasteiger partial charge in [-0.05, 0) is 6.42 Å². The van der Waals surface area contributed by atoms with E-state index in [1.54, 1.807) is 7.11 Å². The second-order valence-corrected chi connectivity index (χ2v) is 4.88. The van der Waals surface area contributed by atoms with Crippen molar-refractivity contribution >= 4 is 0 Å². The molecule has 0 rings (SSSR count). The van der Waals surface area contributed by atoms with Gasteiger partial charge in [-0.1, -0.05) is 77.6 Å². The molecule has 0 amide bonds. The summed E-state index contributed by atoms with van der Waals surface area (Å²) in [5, 5.41) is 0. The lowest BCUT2D eigenvalue weighted by Crippen LogP contribution is -1.88. The quantitative estimate of drug-likeness (QED) is 0.387. The molecule has 16 heavy (non-hydrogen) atoms. The third-order valence-corrected chi connectivity index (χ3v) is 3.20. The Labute approximate surface area is 103 Å². The second kappa shape index (κ2) is 15.0. The Bertz CT molecular complexity index is 98.0. The molecule has 0 N–H and O–H groups in total. The van der Waals surface area contributed by atoms with Crippen LogP contribution in [-0.4, -0.2) is 13.7 Å². The second-order valence-electron chi connectivity index (χ2n) is 4.88. The predicted molar refractivity (Wildman–Crippen MR) is 73.0 cm³/mol. The Morgan fingerprint density at radius 3 is 1.31 bits per heavy atom. The van der Waals surface area contributed by atoms with E-state index in [0.717, 1.165) is 6.61 Å². The molecular formula is C15H32O. The molecule has 98 valence electrons. The fourth-order valence-corrected chi connectivity index (χ4v) is 2.09. The van der Waals surface area contributed by atoms with Crippen molar-refractivity contribution in [2.75, 3.05) is 13.7 Å². The molecule has 0 aliphatic carbocycles. The summed E-state index contributed by atoms with van der Waals surface area (Å²) in [5.41, 5.74) is 0. The Morgan fingerprint density at radius 2 is 0.938 bits per heavy atom. The first-order valence-corrected chi connectivity index (χ1v) is 7.40. The monoisotopic (exact) mass is 228 g/mol. The number of unbranched alkanes of at least 4 members (excludes halogenated alkanes) is 11. The van der Waals surface area contributed by atoms with Gasteiger partial charge in [0, 0.05) is 13.7 Å². The minimum atomic E-state index is 0.942. The molecule has 0 unspecified atom stereocenters. The van der Waals surface area contributed by atoms with Crippen LogP contribution in [0.25, 0.3) is 0 Å². The molecule has 0 aromatic heterocycles. The van der Waals surface area contributed by atoms with Crippen molar-refractivity contribution in [3.8, 4) is 0 Å². The Morgan fingerprint density at radius 1 is 0.562 bits per heavy atom. The zero-order valence-corrected chi connectivity index (χ0v) is 11.6. The summed E-state index contributed by atoms with van der Waals surface area (Å²) < 4.78 is 5.03. The number of ether oxygens (including phenoxy) is 1. The maximum absolute atomic E-state index is 5.03. The van der Waals surface area contributed by atoms with Gasteiger partial charge >= 0.3 is 0 Å². The van der Waals surface area contributed by atoms with E-state index in [-0.39, 0.29) is 0 Å². The van der Waals surface area contributed by atoms with Crippen LogP contribution in [0.1, 0.15) is 84.0 Å². The van der Waals surface area contributed by atoms with Crippen LogP contribution in [0.5, 0.6) is 0 Å². The molecule has 0 aliphatic heterocycles. The number of rotatable bonds is 13. The molecule has 0 saturated heterocycles. The summed E-state index contributed by atoms with van der Waals surface area (Å²) >= 11 is 0. The fourth-order valence-electron chi connectivity index (χ4n) is 2.09. The van der Waals surface area contributed by atoms with E-state index >= 15 is 0 Å². The van der Waals surface area contributed by atoms with E-state index in [2.05, 4.69) is 6.92 Å². The highest BCUT2D eigenvalue weighted by Crippen LogP contribution is 2.11. The molecule has 1 nitrogen and oxygen atoms in total. The van der Waals surface area contributed by atoms with Crippen molar-refractivity contribution < 1.29 is 4.74 Å². The molecule has 0 bridgehead atoms. The highest BCUT2D eigenvalue weighted by atomic mass is 16.5. The number of methoxy groups -OCH3 is 1. The molecule has 0 aliphatic rings. The van der Waals surface area contributed by atoms with E-state index in [1.807, 2.05) is 0 Å². The predicted octanol–water partition coefficient (Wildman–Crippen LogP) is 5.33. The summed E-state index contributed by atoms with van der Waals surface area (Å²) in [6.07, 6.45) is 17.0. The van der Waals surface area contributed by atoms with E-state index in [4.69, 9.17) is 4.74 Å².